The van der Waals surface area contributed by atoms with Crippen LogP contribution in [0.4, 0.5) is 0 Å². The molecule has 0 bridgehead atoms. The van der Waals surface area contributed by atoms with Gasteiger partial charge in [-0.15, -0.1) is 0 Å². The normalized spacial score (nSPS) is 13.4. The van der Waals surface area contributed by atoms with Crippen LogP contribution in [0.2, 0.25) is 0 Å². The molecule has 0 heterocycles. The van der Waals surface area contributed by atoms with Gasteiger partial charge >= 0.3 is 15.2 Å². The lowest BCUT2D eigenvalue weighted by atomic mass is 10.3. The van der Waals surface area contributed by atoms with Gasteiger partial charge in [-0.05, 0) is 25.9 Å². The molecule has 0 unspecified atom stereocenters. The Labute approximate surface area is 94.6 Å². The Morgan fingerprint density at radius 1 is 1.06 bits per heavy atom. The minimum atomic E-state index is -4.76. The number of unbranched alkanes of at least 4 members (excludes halogenated alkanes) is 1. The molecule has 0 aliphatic heterocycles. The molecule has 16 heavy (non-hydrogen) atoms. The van der Waals surface area contributed by atoms with Crippen LogP contribution in [0, 0.1) is 0 Å². The van der Waals surface area contributed by atoms with E-state index in [9.17, 15) is 9.13 Å². The van der Waals surface area contributed by atoms with Crippen LogP contribution in [0.5, 0.6) is 0 Å². The Bertz CT molecular complexity index is 263. The van der Waals surface area contributed by atoms with Crippen molar-refractivity contribution in [2.45, 2.75) is 31.6 Å². The summed E-state index contributed by atoms with van der Waals surface area (Å²) >= 11 is 0. The maximum atomic E-state index is 10.9. The van der Waals surface area contributed by atoms with Crippen molar-refractivity contribution in [1.82, 2.24) is 5.32 Å². The van der Waals surface area contributed by atoms with Crippen LogP contribution in [-0.4, -0.2) is 38.1 Å². The van der Waals surface area contributed by atoms with Crippen LogP contribution in [0.3, 0.4) is 0 Å². The summed E-state index contributed by atoms with van der Waals surface area (Å²) in [5.74, 6) is 0. The van der Waals surface area contributed by atoms with Crippen molar-refractivity contribution in [3.8, 4) is 0 Å². The smallest absolute Gasteiger partial charge is 0.324 e. The summed E-state index contributed by atoms with van der Waals surface area (Å²) in [6, 6.07) is 0. The van der Waals surface area contributed by atoms with Gasteiger partial charge < -0.3 is 24.9 Å². The molecule has 0 radical (unpaired) electrons. The third-order valence-corrected chi connectivity index (χ3v) is 5.94. The van der Waals surface area contributed by atoms with Gasteiger partial charge in [0, 0.05) is 0 Å². The van der Waals surface area contributed by atoms with Crippen molar-refractivity contribution in [2.75, 3.05) is 13.1 Å². The van der Waals surface area contributed by atoms with Crippen molar-refractivity contribution < 1.29 is 28.7 Å². The van der Waals surface area contributed by atoms with Crippen molar-refractivity contribution in [1.29, 1.82) is 0 Å². The summed E-state index contributed by atoms with van der Waals surface area (Å²) in [7, 11) is -9.51. The highest BCUT2D eigenvalue weighted by molar-refractivity contribution is 7.70. The van der Waals surface area contributed by atoms with Gasteiger partial charge in [0.15, 0.2) is 5.40 Å². The van der Waals surface area contributed by atoms with Gasteiger partial charge in [-0.25, -0.2) is 0 Å². The first kappa shape index (κ1) is 16.3. The first-order valence-electron chi connectivity index (χ1n) is 5.00. The summed E-state index contributed by atoms with van der Waals surface area (Å²) in [5, 5.41) is 0.980. The minimum absolute atomic E-state index is 0.181. The highest BCUT2D eigenvalue weighted by Crippen LogP contribution is 2.61. The quantitative estimate of drug-likeness (QED) is 0.321. The molecule has 0 aromatic heterocycles. The van der Waals surface area contributed by atoms with Gasteiger partial charge in [-0.2, -0.15) is 0 Å². The second-order valence-corrected chi connectivity index (χ2v) is 7.56. The standard InChI is InChI=1S/C7H19NO6P2/c1-2-3-5-8-6-4-7(15(9,10)11)16(12,13)14/h7-8H,2-6H2,1H3,(H2,9,10,11)(H2,12,13,14). The molecule has 0 aromatic rings. The first-order chi connectivity index (χ1) is 7.19. The molecule has 7 nitrogen and oxygen atoms in total. The van der Waals surface area contributed by atoms with Crippen molar-refractivity contribution in [3.63, 3.8) is 0 Å². The van der Waals surface area contributed by atoms with Gasteiger partial charge in [-0.3, -0.25) is 9.13 Å². The van der Waals surface area contributed by atoms with Crippen molar-refractivity contribution in [2.24, 2.45) is 0 Å². The molecule has 0 atom stereocenters. The van der Waals surface area contributed by atoms with E-state index in [1.165, 1.54) is 0 Å². The predicted octanol–water partition coefficient (Wildman–Crippen LogP) is 0.448. The highest BCUT2D eigenvalue weighted by Gasteiger charge is 2.42. The van der Waals surface area contributed by atoms with Gasteiger partial charge in [0.1, 0.15) is 0 Å². The van der Waals surface area contributed by atoms with Gasteiger partial charge in [0.05, 0.1) is 0 Å². The molecular formula is C7H19NO6P2. The second kappa shape index (κ2) is 6.87. The van der Waals surface area contributed by atoms with E-state index in [2.05, 4.69) is 5.32 Å². The molecule has 0 aromatic carbocycles. The Morgan fingerprint density at radius 2 is 1.56 bits per heavy atom. The predicted molar refractivity (Wildman–Crippen MR) is 60.3 cm³/mol. The molecule has 0 fully saturated rings. The number of hydrogen-bond acceptors (Lipinski definition) is 3. The fourth-order valence-corrected chi connectivity index (χ4v) is 3.69. The topological polar surface area (TPSA) is 127 Å². The average molecular weight is 275 g/mol. The number of nitrogens with one attached hydrogen (secondary N) is 1. The Hall–Kier alpha value is 0.260. The van der Waals surface area contributed by atoms with Crippen LogP contribution in [0.15, 0.2) is 0 Å². The van der Waals surface area contributed by atoms with E-state index in [4.69, 9.17) is 19.6 Å². The van der Waals surface area contributed by atoms with E-state index in [0.717, 1.165) is 12.8 Å². The lowest BCUT2D eigenvalue weighted by Gasteiger charge is -2.19. The maximum absolute atomic E-state index is 10.9. The number of hydrogen-bond donors (Lipinski definition) is 5. The Balaban J connectivity index is 4.17. The summed E-state index contributed by atoms with van der Waals surface area (Å²) in [6.07, 6.45) is 1.65. The lowest BCUT2D eigenvalue weighted by molar-refractivity contribution is 0.334. The summed E-state index contributed by atoms with van der Waals surface area (Å²) in [5.41, 5.74) is 0. The van der Waals surface area contributed by atoms with Gasteiger partial charge in [-0.1, -0.05) is 13.3 Å². The summed E-state index contributed by atoms with van der Waals surface area (Å²) in [4.78, 5) is 35.2. The molecule has 5 N–H and O–H groups in total. The van der Waals surface area contributed by atoms with E-state index < -0.39 is 20.6 Å². The summed E-state index contributed by atoms with van der Waals surface area (Å²) < 4.78 is 21.7. The highest BCUT2D eigenvalue weighted by atomic mass is 31.2. The zero-order chi connectivity index (χ0) is 12.8. The molecule has 0 spiro atoms. The Kier molecular flexibility index (Phi) is 6.98. The zero-order valence-electron chi connectivity index (χ0n) is 9.11. The molecule has 0 saturated carbocycles. The third-order valence-electron chi connectivity index (χ3n) is 2.06. The second-order valence-electron chi connectivity index (χ2n) is 3.55. The van der Waals surface area contributed by atoms with Crippen LogP contribution in [0.1, 0.15) is 26.2 Å². The van der Waals surface area contributed by atoms with Gasteiger partial charge in [0.2, 0.25) is 0 Å². The average Bonchev–Trinajstić information content (AvgIpc) is 2.06. The molecule has 0 aliphatic rings. The number of rotatable bonds is 8. The molecule has 9 heteroatoms. The fraction of sp³-hybridized carbons (Fsp3) is 1.00. The first-order valence-corrected chi connectivity index (χ1v) is 8.37. The minimum Gasteiger partial charge on any atom is -0.324 e. The SMILES string of the molecule is CCCCNCCC(P(=O)(O)O)P(=O)(O)O. The molecule has 0 aliphatic carbocycles. The van der Waals surface area contributed by atoms with E-state index >= 15 is 0 Å². The maximum Gasteiger partial charge on any atom is 0.340 e. The van der Waals surface area contributed by atoms with E-state index in [-0.39, 0.29) is 13.0 Å². The van der Waals surface area contributed by atoms with Crippen molar-refractivity contribution >= 4 is 15.2 Å². The zero-order valence-corrected chi connectivity index (χ0v) is 10.9. The summed E-state index contributed by atoms with van der Waals surface area (Å²) in [6.45, 7) is 2.85. The van der Waals surface area contributed by atoms with E-state index in [0.29, 0.717) is 6.54 Å². The van der Waals surface area contributed by atoms with Crippen molar-refractivity contribution in [3.05, 3.63) is 0 Å². The molecule has 0 rings (SSSR count). The largest absolute Gasteiger partial charge is 0.340 e. The Morgan fingerprint density at radius 3 is 1.94 bits per heavy atom. The lowest BCUT2D eigenvalue weighted by Crippen LogP contribution is -2.21. The van der Waals surface area contributed by atoms with Crippen LogP contribution in [0.25, 0.3) is 0 Å². The van der Waals surface area contributed by atoms with Crippen LogP contribution in [-0.2, 0) is 9.13 Å². The van der Waals surface area contributed by atoms with Crippen LogP contribution < -0.4 is 5.32 Å². The van der Waals surface area contributed by atoms with Gasteiger partial charge in [0.25, 0.3) is 0 Å². The molecule has 0 amide bonds. The van der Waals surface area contributed by atoms with E-state index in [1.54, 1.807) is 0 Å². The van der Waals surface area contributed by atoms with E-state index in [1.807, 2.05) is 6.92 Å². The molecular weight excluding hydrogens is 256 g/mol. The van der Waals surface area contributed by atoms with Crippen LogP contribution >= 0.6 is 15.2 Å². The third kappa shape index (κ3) is 6.76. The molecule has 0 saturated heterocycles. The molecule has 98 valence electrons. The fourth-order valence-electron chi connectivity index (χ4n) is 1.19. The monoisotopic (exact) mass is 275 g/mol.